The average Bonchev–Trinajstić information content (AvgIpc) is 3.71. The second-order valence-corrected chi connectivity index (χ2v) is 8.67. The number of hydrogen-bond acceptors (Lipinski definition) is 6. The molecular weight excluding hydrogens is 412 g/mol. The van der Waals surface area contributed by atoms with Gasteiger partial charge in [0.05, 0.1) is 5.56 Å². The number of carbonyl (C=O) groups is 1. The zero-order chi connectivity index (χ0) is 22.8. The Balaban J connectivity index is 1.40. The molecule has 3 heterocycles. The third-order valence-corrected chi connectivity index (χ3v) is 6.25. The Bertz CT molecular complexity index is 1240. The average molecular weight is 439 g/mol. The van der Waals surface area contributed by atoms with E-state index in [2.05, 4.69) is 31.6 Å². The molecule has 0 unspecified atom stereocenters. The molecule has 1 amide bonds. The maximum atomic E-state index is 12.9. The number of amides is 1. The first-order valence-electron chi connectivity index (χ1n) is 11.4. The van der Waals surface area contributed by atoms with Crippen molar-refractivity contribution in [2.75, 3.05) is 36.4 Å². The van der Waals surface area contributed by atoms with E-state index >= 15 is 0 Å². The Morgan fingerprint density at radius 1 is 1.15 bits per heavy atom. The molecule has 166 valence electrons. The van der Waals surface area contributed by atoms with E-state index in [0.717, 1.165) is 67.2 Å². The van der Waals surface area contributed by atoms with Crippen molar-refractivity contribution < 1.29 is 4.79 Å². The van der Waals surface area contributed by atoms with Crippen molar-refractivity contribution in [3.8, 4) is 17.2 Å². The van der Waals surface area contributed by atoms with Crippen molar-refractivity contribution in [1.82, 2.24) is 15.3 Å². The standard InChI is InChI=1S/C26H26N6O/c1-17-2-5-22(31-26(33)19-6-7-29-24(13-19)18-3-4-18)14-23(17)21-12-20(15-27)25(30-16-21)32-10-8-28-9-11-32/h2,5-7,12-14,16,18,28H,3-4,8-11H2,1H3,(H,31,33). The van der Waals surface area contributed by atoms with Gasteiger partial charge in [0.2, 0.25) is 0 Å². The lowest BCUT2D eigenvalue weighted by atomic mass is 9.99. The second kappa shape index (κ2) is 9.00. The van der Waals surface area contributed by atoms with Crippen molar-refractivity contribution in [3.05, 3.63) is 71.2 Å². The molecule has 1 aliphatic carbocycles. The summed E-state index contributed by atoms with van der Waals surface area (Å²) in [5, 5.41) is 16.1. The van der Waals surface area contributed by atoms with Crippen molar-refractivity contribution in [1.29, 1.82) is 5.26 Å². The molecule has 0 bridgehead atoms. The predicted molar refractivity (Wildman–Crippen MR) is 128 cm³/mol. The predicted octanol–water partition coefficient (Wildman–Crippen LogP) is 3.86. The number of rotatable bonds is 5. The topological polar surface area (TPSA) is 93.9 Å². The van der Waals surface area contributed by atoms with Gasteiger partial charge in [-0.1, -0.05) is 6.07 Å². The molecule has 33 heavy (non-hydrogen) atoms. The molecule has 3 aromatic rings. The maximum Gasteiger partial charge on any atom is 0.255 e. The minimum atomic E-state index is -0.154. The summed E-state index contributed by atoms with van der Waals surface area (Å²) in [6.45, 7) is 5.45. The van der Waals surface area contributed by atoms with Crippen LogP contribution in [-0.2, 0) is 0 Å². The number of aryl methyl sites for hydroxylation is 1. The number of anilines is 2. The minimum Gasteiger partial charge on any atom is -0.353 e. The highest BCUT2D eigenvalue weighted by atomic mass is 16.1. The van der Waals surface area contributed by atoms with Gasteiger partial charge in [-0.15, -0.1) is 0 Å². The van der Waals surface area contributed by atoms with E-state index < -0.39 is 0 Å². The summed E-state index contributed by atoms with van der Waals surface area (Å²) in [7, 11) is 0. The largest absolute Gasteiger partial charge is 0.353 e. The molecule has 1 aromatic carbocycles. The highest BCUT2D eigenvalue weighted by Gasteiger charge is 2.25. The fourth-order valence-corrected chi connectivity index (χ4v) is 4.22. The molecule has 1 aliphatic heterocycles. The number of nitrogens with zero attached hydrogens (tertiary/aromatic N) is 4. The van der Waals surface area contributed by atoms with Crippen LogP contribution in [0, 0.1) is 18.3 Å². The van der Waals surface area contributed by atoms with Crippen molar-refractivity contribution in [3.63, 3.8) is 0 Å². The number of nitrogens with one attached hydrogen (secondary N) is 2. The van der Waals surface area contributed by atoms with Gasteiger partial charge >= 0.3 is 0 Å². The zero-order valence-electron chi connectivity index (χ0n) is 18.6. The SMILES string of the molecule is Cc1ccc(NC(=O)c2ccnc(C3CC3)c2)cc1-c1cnc(N2CCNCC2)c(C#N)c1. The first-order chi connectivity index (χ1) is 16.1. The molecule has 2 N–H and O–H groups in total. The van der Waals surface area contributed by atoms with Crippen molar-refractivity contribution >= 4 is 17.4 Å². The monoisotopic (exact) mass is 438 g/mol. The van der Waals surface area contributed by atoms with E-state index in [-0.39, 0.29) is 5.91 Å². The quantitative estimate of drug-likeness (QED) is 0.628. The summed E-state index contributed by atoms with van der Waals surface area (Å²) in [5.74, 6) is 1.07. The van der Waals surface area contributed by atoms with Crippen LogP contribution in [0.4, 0.5) is 11.5 Å². The van der Waals surface area contributed by atoms with Crippen LogP contribution >= 0.6 is 0 Å². The number of aromatic nitrogens is 2. The lowest BCUT2D eigenvalue weighted by Crippen LogP contribution is -2.44. The van der Waals surface area contributed by atoms with Crippen LogP contribution in [0.3, 0.4) is 0 Å². The maximum absolute atomic E-state index is 12.9. The first-order valence-corrected chi connectivity index (χ1v) is 11.4. The Morgan fingerprint density at radius 2 is 1.97 bits per heavy atom. The summed E-state index contributed by atoms with van der Waals surface area (Å²) < 4.78 is 0. The Labute approximate surface area is 193 Å². The van der Waals surface area contributed by atoms with Crippen LogP contribution in [0.15, 0.2) is 48.8 Å². The van der Waals surface area contributed by atoms with Gasteiger partial charge in [-0.2, -0.15) is 5.26 Å². The summed E-state index contributed by atoms with van der Waals surface area (Å²) in [6, 6.07) is 13.7. The van der Waals surface area contributed by atoms with Gasteiger partial charge in [0.1, 0.15) is 11.9 Å². The van der Waals surface area contributed by atoms with Gasteiger partial charge in [0.25, 0.3) is 5.91 Å². The lowest BCUT2D eigenvalue weighted by Gasteiger charge is -2.29. The van der Waals surface area contributed by atoms with Gasteiger partial charge in [0.15, 0.2) is 0 Å². The van der Waals surface area contributed by atoms with E-state index in [0.29, 0.717) is 22.7 Å². The molecule has 2 aromatic heterocycles. The van der Waals surface area contributed by atoms with E-state index in [4.69, 9.17) is 0 Å². The fourth-order valence-electron chi connectivity index (χ4n) is 4.22. The third kappa shape index (κ3) is 4.57. The number of nitriles is 1. The fraction of sp³-hybridized carbons (Fsp3) is 0.308. The molecule has 7 nitrogen and oxygen atoms in total. The van der Waals surface area contributed by atoms with E-state index in [1.165, 1.54) is 0 Å². The van der Waals surface area contributed by atoms with Crippen LogP contribution in [0.25, 0.3) is 11.1 Å². The van der Waals surface area contributed by atoms with Crippen LogP contribution in [0.5, 0.6) is 0 Å². The number of carbonyl (C=O) groups excluding carboxylic acids is 1. The number of pyridine rings is 2. The van der Waals surface area contributed by atoms with Gasteiger partial charge in [-0.25, -0.2) is 4.98 Å². The minimum absolute atomic E-state index is 0.154. The molecule has 1 saturated heterocycles. The molecule has 0 atom stereocenters. The summed E-state index contributed by atoms with van der Waals surface area (Å²) in [4.78, 5) is 24.0. The Hall–Kier alpha value is -3.76. The molecule has 0 radical (unpaired) electrons. The van der Waals surface area contributed by atoms with Gasteiger partial charge in [-0.3, -0.25) is 9.78 Å². The van der Waals surface area contributed by atoms with Gasteiger partial charge in [0, 0.05) is 67.0 Å². The van der Waals surface area contributed by atoms with Crippen molar-refractivity contribution in [2.45, 2.75) is 25.7 Å². The molecule has 2 aliphatic rings. The van der Waals surface area contributed by atoms with E-state index in [1.54, 1.807) is 12.3 Å². The molecular formula is C26H26N6O. The third-order valence-electron chi connectivity index (χ3n) is 6.25. The number of hydrogen-bond donors (Lipinski definition) is 2. The smallest absolute Gasteiger partial charge is 0.255 e. The first kappa shape index (κ1) is 21.1. The molecule has 2 fully saturated rings. The Kier molecular flexibility index (Phi) is 5.76. The van der Waals surface area contributed by atoms with E-state index in [9.17, 15) is 10.1 Å². The van der Waals surface area contributed by atoms with Crippen LogP contribution in [0.1, 0.15) is 45.9 Å². The normalized spacial score (nSPS) is 15.7. The van der Waals surface area contributed by atoms with E-state index in [1.807, 2.05) is 43.5 Å². The van der Waals surface area contributed by atoms with Gasteiger partial charge in [-0.05, 0) is 61.2 Å². The summed E-state index contributed by atoms with van der Waals surface area (Å²) in [6.07, 6.45) is 5.81. The highest BCUT2D eigenvalue weighted by molar-refractivity contribution is 6.04. The lowest BCUT2D eigenvalue weighted by molar-refractivity contribution is 0.102. The van der Waals surface area contributed by atoms with Crippen LogP contribution in [0.2, 0.25) is 0 Å². The zero-order valence-corrected chi connectivity index (χ0v) is 18.6. The second-order valence-electron chi connectivity index (χ2n) is 8.67. The number of piperazine rings is 1. The van der Waals surface area contributed by atoms with Crippen LogP contribution < -0.4 is 15.5 Å². The van der Waals surface area contributed by atoms with Crippen LogP contribution in [-0.4, -0.2) is 42.1 Å². The van der Waals surface area contributed by atoms with Gasteiger partial charge < -0.3 is 15.5 Å². The molecule has 1 saturated carbocycles. The molecule has 0 spiro atoms. The highest BCUT2D eigenvalue weighted by Crippen LogP contribution is 2.39. The number of benzene rings is 1. The summed E-state index contributed by atoms with van der Waals surface area (Å²) in [5.41, 5.74) is 5.72. The van der Waals surface area contributed by atoms with Crippen molar-refractivity contribution in [2.24, 2.45) is 0 Å². The molecule has 5 rings (SSSR count). The molecule has 7 heteroatoms. The summed E-state index contributed by atoms with van der Waals surface area (Å²) >= 11 is 0. The Morgan fingerprint density at radius 3 is 2.73 bits per heavy atom.